The number of hydrogen-bond donors (Lipinski definition) is 0. The van der Waals surface area contributed by atoms with Crippen molar-refractivity contribution in [3.05, 3.63) is 0 Å². The first-order chi connectivity index (χ1) is 8.24. The van der Waals surface area contributed by atoms with Crippen LogP contribution < -0.4 is 0 Å². The van der Waals surface area contributed by atoms with Gasteiger partial charge in [0.05, 0.1) is 5.92 Å². The summed E-state index contributed by atoms with van der Waals surface area (Å²) in [5.74, 6) is 3.24. The third kappa shape index (κ3) is 1.18. The Labute approximate surface area is 105 Å². The van der Waals surface area contributed by atoms with Gasteiger partial charge in [0.15, 0.2) is 12.2 Å². The van der Waals surface area contributed by atoms with E-state index in [0.29, 0.717) is 23.9 Å². The first-order valence-electron chi connectivity index (χ1n) is 7.06. The molecule has 0 amide bonds. The molecule has 3 saturated carbocycles. The van der Waals surface area contributed by atoms with Crippen molar-refractivity contribution in [1.29, 1.82) is 0 Å². The van der Waals surface area contributed by atoms with E-state index in [1.807, 2.05) is 0 Å². The normalized spacial score (nSPS) is 53.3. The zero-order chi connectivity index (χ0) is 11.7. The highest BCUT2D eigenvalue weighted by molar-refractivity contribution is 6.08. The highest BCUT2D eigenvalue weighted by Gasteiger charge is 2.80. The van der Waals surface area contributed by atoms with Crippen molar-refractivity contribution >= 4 is 16.2 Å². The minimum Gasteiger partial charge on any atom is -0.453 e. The fourth-order valence-electron chi connectivity index (χ4n) is 5.00. The Morgan fingerprint density at radius 3 is 2.94 bits per heavy atom. The van der Waals surface area contributed by atoms with Gasteiger partial charge in [0.1, 0.15) is 13.7 Å². The quantitative estimate of drug-likeness (QED) is 0.405. The van der Waals surface area contributed by atoms with E-state index >= 15 is 0 Å². The van der Waals surface area contributed by atoms with Gasteiger partial charge in [-0.15, -0.1) is 0 Å². The lowest BCUT2D eigenvalue weighted by Gasteiger charge is -2.33. The molecule has 3 nitrogen and oxygen atoms in total. The van der Waals surface area contributed by atoms with Gasteiger partial charge < -0.3 is 9.10 Å². The molecule has 0 aromatic heterocycles. The molecule has 3 aliphatic carbocycles. The summed E-state index contributed by atoms with van der Waals surface area (Å²) in [6.07, 6.45) is 3.26. The van der Waals surface area contributed by atoms with E-state index in [9.17, 15) is 4.79 Å². The molecule has 1 aliphatic heterocycles. The minimum atomic E-state index is 0.116. The largest absolute Gasteiger partial charge is 0.453 e. The zero-order valence-electron chi connectivity index (χ0n) is 10.6. The average molecular weight is 253 g/mol. The van der Waals surface area contributed by atoms with Crippen LogP contribution in [0.15, 0.2) is 0 Å². The monoisotopic (exact) mass is 253 g/mol. The summed E-state index contributed by atoms with van der Waals surface area (Å²) in [4.78, 5) is 11.8. The van der Waals surface area contributed by atoms with E-state index < -0.39 is 0 Å². The lowest BCUT2D eigenvalue weighted by atomic mass is 9.94. The standard InChI is InChI=1S/C13H21O3Si/c1-16(3-2-4-17)12-7-5-6-8-9(7)10(8)13(14)15-11(6)12/h6-12H,2-5H2,1,17H3/q+1. The third-order valence-electron chi connectivity index (χ3n) is 5.64. The van der Waals surface area contributed by atoms with Crippen molar-refractivity contribution in [2.45, 2.75) is 31.1 Å². The predicted octanol–water partition coefficient (Wildman–Crippen LogP) is 0.148. The molecule has 4 heteroatoms. The van der Waals surface area contributed by atoms with Crippen LogP contribution in [-0.4, -0.2) is 42.1 Å². The Kier molecular flexibility index (Phi) is 2.08. The van der Waals surface area contributed by atoms with Gasteiger partial charge in [0.2, 0.25) is 0 Å². The molecule has 1 saturated heterocycles. The Hall–Kier alpha value is -0.353. The molecule has 0 radical (unpaired) electrons. The van der Waals surface area contributed by atoms with Gasteiger partial charge in [0, 0.05) is 28.5 Å². The maximum Gasteiger partial charge on any atom is 0.310 e. The van der Waals surface area contributed by atoms with Crippen LogP contribution in [0.1, 0.15) is 12.8 Å². The second kappa shape index (κ2) is 3.35. The molecule has 4 aliphatic rings. The second-order valence-corrected chi connectivity index (χ2v) is 7.36. The average Bonchev–Trinajstić information content (AvgIpc) is 2.86. The fraction of sp³-hybridized carbons (Fsp3) is 0.923. The number of hydrogen-bond acceptors (Lipinski definition) is 2. The van der Waals surface area contributed by atoms with Gasteiger partial charge in [-0.1, -0.05) is 6.04 Å². The second-order valence-electron chi connectivity index (χ2n) is 6.36. The van der Waals surface area contributed by atoms with Crippen LogP contribution in [0, 0.1) is 29.6 Å². The first kappa shape index (κ1) is 10.6. The summed E-state index contributed by atoms with van der Waals surface area (Å²) in [6, 6.07) is 1.36. The van der Waals surface area contributed by atoms with E-state index in [0.717, 1.165) is 18.4 Å². The van der Waals surface area contributed by atoms with Crippen molar-refractivity contribution in [2.75, 3.05) is 13.7 Å². The van der Waals surface area contributed by atoms with E-state index in [1.54, 1.807) is 0 Å². The first-order valence-corrected chi connectivity index (χ1v) is 8.47. The molecule has 1 heterocycles. The minimum absolute atomic E-state index is 0.116. The molecule has 17 heavy (non-hydrogen) atoms. The molecule has 7 atom stereocenters. The Morgan fingerprint density at radius 2 is 2.18 bits per heavy atom. The van der Waals surface area contributed by atoms with Crippen molar-refractivity contribution in [2.24, 2.45) is 29.6 Å². The number of carbonyl (C=O) groups excluding carboxylic acids is 1. The number of carbonyl (C=O) groups is 1. The third-order valence-corrected chi connectivity index (χ3v) is 6.35. The molecular formula is C13H21O3Si+. The van der Waals surface area contributed by atoms with Gasteiger partial charge in [0.25, 0.3) is 0 Å². The zero-order valence-corrected chi connectivity index (χ0v) is 12.6. The van der Waals surface area contributed by atoms with Gasteiger partial charge in [-0.2, -0.15) is 0 Å². The summed E-state index contributed by atoms with van der Waals surface area (Å²) in [6.45, 7) is 1.10. The smallest absolute Gasteiger partial charge is 0.310 e. The van der Waals surface area contributed by atoms with Crippen LogP contribution in [0.5, 0.6) is 0 Å². The van der Waals surface area contributed by atoms with Crippen molar-refractivity contribution in [3.8, 4) is 0 Å². The van der Waals surface area contributed by atoms with Crippen LogP contribution in [-0.2, 0) is 13.9 Å². The molecule has 2 bridgehead atoms. The van der Waals surface area contributed by atoms with E-state index in [4.69, 9.17) is 4.74 Å². The number of fused-ring (bicyclic) bond motifs is 3. The fourth-order valence-corrected chi connectivity index (χ4v) is 5.29. The molecule has 4 rings (SSSR count). The molecule has 0 aromatic rings. The summed E-state index contributed by atoms with van der Waals surface area (Å²) >= 11 is 0. The Balaban J connectivity index is 1.56. The van der Waals surface area contributed by atoms with Crippen LogP contribution in [0.3, 0.4) is 0 Å². The lowest BCUT2D eigenvalue weighted by molar-refractivity contribution is -0.220. The summed E-state index contributed by atoms with van der Waals surface area (Å²) in [5.41, 5.74) is 0. The molecule has 4 fully saturated rings. The van der Waals surface area contributed by atoms with E-state index in [-0.39, 0.29) is 12.1 Å². The summed E-state index contributed by atoms with van der Waals surface area (Å²) < 4.78 is 9.06. The van der Waals surface area contributed by atoms with Crippen molar-refractivity contribution in [1.82, 2.24) is 0 Å². The number of esters is 1. The predicted molar refractivity (Wildman–Crippen MR) is 67.0 cm³/mol. The van der Waals surface area contributed by atoms with E-state index in [2.05, 4.69) is 11.5 Å². The van der Waals surface area contributed by atoms with Crippen LogP contribution in [0.4, 0.5) is 0 Å². The van der Waals surface area contributed by atoms with Crippen molar-refractivity contribution < 1.29 is 13.9 Å². The summed E-state index contributed by atoms with van der Waals surface area (Å²) in [5, 5.41) is 0. The Bertz CT molecular complexity index is 372. The van der Waals surface area contributed by atoms with Gasteiger partial charge in [-0.05, 0) is 18.3 Å². The van der Waals surface area contributed by atoms with Crippen LogP contribution >= 0.6 is 0 Å². The molecule has 0 N–H and O–H groups in total. The Morgan fingerprint density at radius 1 is 1.41 bits per heavy atom. The molecule has 94 valence electrons. The topological polar surface area (TPSA) is 29.0 Å². The summed E-state index contributed by atoms with van der Waals surface area (Å²) in [7, 11) is 3.45. The molecule has 0 spiro atoms. The molecule has 7 unspecified atom stereocenters. The van der Waals surface area contributed by atoms with E-state index in [1.165, 1.54) is 29.1 Å². The maximum absolute atomic E-state index is 11.8. The SMILES string of the molecule is C[O+](CCC[SiH3])C1C2CC3C1OC(=O)C1C3C21. The molecule has 0 aromatic carbocycles. The highest BCUT2D eigenvalue weighted by Crippen LogP contribution is 2.73. The lowest BCUT2D eigenvalue weighted by Crippen LogP contribution is -2.44. The number of rotatable bonds is 4. The van der Waals surface area contributed by atoms with Gasteiger partial charge >= 0.3 is 5.97 Å². The van der Waals surface area contributed by atoms with Gasteiger partial charge in [-0.25, -0.2) is 0 Å². The maximum atomic E-state index is 11.8. The molecular weight excluding hydrogens is 232 g/mol. The van der Waals surface area contributed by atoms with Crippen molar-refractivity contribution in [3.63, 3.8) is 0 Å². The van der Waals surface area contributed by atoms with Crippen LogP contribution in [0.2, 0.25) is 6.04 Å². The number of ether oxygens (including phenoxy) is 1. The highest BCUT2D eigenvalue weighted by atomic mass is 28.1. The van der Waals surface area contributed by atoms with Gasteiger partial charge in [-0.3, -0.25) is 4.79 Å². The van der Waals surface area contributed by atoms with Crippen LogP contribution in [0.25, 0.3) is 0 Å².